The Bertz CT molecular complexity index is 351. The molecule has 84 valence electrons. The summed E-state index contributed by atoms with van der Waals surface area (Å²) in [6, 6.07) is 3.46. The van der Waals surface area contributed by atoms with Gasteiger partial charge in [-0.2, -0.15) is 0 Å². The Labute approximate surface area is 99.8 Å². The summed E-state index contributed by atoms with van der Waals surface area (Å²) >= 11 is 11.8. The van der Waals surface area contributed by atoms with Crippen molar-refractivity contribution < 1.29 is 9.84 Å². The first-order valence-electron chi connectivity index (χ1n) is 4.63. The highest BCUT2D eigenvalue weighted by Gasteiger charge is 2.20. The van der Waals surface area contributed by atoms with E-state index in [4.69, 9.17) is 27.9 Å². The molecule has 0 fully saturated rings. The van der Waals surface area contributed by atoms with Gasteiger partial charge in [0.2, 0.25) is 0 Å². The van der Waals surface area contributed by atoms with E-state index in [1.807, 2.05) is 6.92 Å². The summed E-state index contributed by atoms with van der Waals surface area (Å²) in [4.78, 5) is 0. The number of alkyl halides is 1. The van der Waals surface area contributed by atoms with Crippen LogP contribution in [0.4, 0.5) is 0 Å². The van der Waals surface area contributed by atoms with Crippen LogP contribution in [0.15, 0.2) is 12.1 Å². The van der Waals surface area contributed by atoms with Gasteiger partial charge in [0.05, 0.1) is 18.6 Å². The average molecular weight is 249 g/mol. The maximum absolute atomic E-state index is 9.89. The normalized spacial score (nSPS) is 14.8. The average Bonchev–Trinajstić information content (AvgIpc) is 2.15. The fourth-order valence-electron chi connectivity index (χ4n) is 1.50. The van der Waals surface area contributed by atoms with Crippen molar-refractivity contribution in [2.45, 2.75) is 25.3 Å². The zero-order valence-electron chi connectivity index (χ0n) is 8.92. The first-order chi connectivity index (χ1) is 6.97. The first kappa shape index (κ1) is 12.6. The number of ether oxygens (including phenoxy) is 1. The highest BCUT2D eigenvalue weighted by Crippen LogP contribution is 2.34. The van der Waals surface area contributed by atoms with Crippen LogP contribution in [0.1, 0.15) is 24.2 Å². The van der Waals surface area contributed by atoms with Crippen LogP contribution in [0.25, 0.3) is 0 Å². The van der Waals surface area contributed by atoms with E-state index < -0.39 is 11.5 Å². The van der Waals surface area contributed by atoms with Gasteiger partial charge in [0.15, 0.2) is 0 Å². The Hall–Kier alpha value is -0.440. The molecule has 0 bridgehead atoms. The smallest absolute Gasteiger partial charge is 0.127 e. The minimum absolute atomic E-state index is 0.392. The molecule has 0 saturated carbocycles. The lowest BCUT2D eigenvalue weighted by molar-refractivity contribution is 0.172. The third-order valence-electron chi connectivity index (χ3n) is 2.23. The van der Waals surface area contributed by atoms with Gasteiger partial charge in [0.25, 0.3) is 0 Å². The number of halogens is 2. The monoisotopic (exact) mass is 248 g/mol. The van der Waals surface area contributed by atoms with E-state index in [9.17, 15) is 5.11 Å². The molecule has 15 heavy (non-hydrogen) atoms. The summed E-state index contributed by atoms with van der Waals surface area (Å²) in [5, 5.41) is 10.1. The van der Waals surface area contributed by atoms with E-state index in [-0.39, 0.29) is 0 Å². The molecule has 0 saturated heterocycles. The fourth-order valence-corrected chi connectivity index (χ4v) is 1.92. The number of aliphatic hydroxyl groups is 1. The van der Waals surface area contributed by atoms with Crippen molar-refractivity contribution in [2.75, 3.05) is 7.11 Å². The van der Waals surface area contributed by atoms with Crippen molar-refractivity contribution in [2.24, 2.45) is 0 Å². The number of hydrogen-bond donors (Lipinski definition) is 1. The van der Waals surface area contributed by atoms with Gasteiger partial charge in [-0.15, -0.1) is 11.6 Å². The van der Waals surface area contributed by atoms with E-state index >= 15 is 0 Å². The summed E-state index contributed by atoms with van der Waals surface area (Å²) in [6.07, 6.45) is -0.779. The molecule has 2 nitrogen and oxygen atoms in total. The topological polar surface area (TPSA) is 29.5 Å². The summed E-state index contributed by atoms with van der Waals surface area (Å²) in [7, 11) is 1.56. The zero-order chi connectivity index (χ0) is 11.6. The van der Waals surface area contributed by atoms with Gasteiger partial charge < -0.3 is 9.84 Å². The predicted octanol–water partition coefficient (Wildman–Crippen LogP) is 3.32. The van der Waals surface area contributed by atoms with Crippen LogP contribution >= 0.6 is 23.2 Å². The number of rotatable bonds is 3. The molecule has 2 unspecified atom stereocenters. The largest absolute Gasteiger partial charge is 0.496 e. The van der Waals surface area contributed by atoms with Crippen LogP contribution in [0, 0.1) is 6.92 Å². The molecule has 0 radical (unpaired) electrons. The number of aliphatic hydroxyl groups excluding tert-OH is 1. The summed E-state index contributed by atoms with van der Waals surface area (Å²) in [6.45, 7) is 3.60. The molecule has 2 atom stereocenters. The molecule has 0 aliphatic rings. The van der Waals surface area contributed by atoms with Crippen molar-refractivity contribution in [3.05, 3.63) is 28.3 Å². The minimum atomic E-state index is -0.779. The van der Waals surface area contributed by atoms with Gasteiger partial charge in [0.1, 0.15) is 5.75 Å². The molecule has 1 aromatic carbocycles. The lowest BCUT2D eigenvalue weighted by atomic mass is 10.0. The van der Waals surface area contributed by atoms with Gasteiger partial charge >= 0.3 is 0 Å². The van der Waals surface area contributed by atoms with Crippen molar-refractivity contribution >= 4 is 23.2 Å². The van der Waals surface area contributed by atoms with Crippen LogP contribution in [-0.2, 0) is 0 Å². The summed E-state index contributed by atoms with van der Waals surface area (Å²) in [5.74, 6) is 0.638. The van der Waals surface area contributed by atoms with Crippen LogP contribution < -0.4 is 4.74 Å². The second-order valence-corrected chi connectivity index (χ2v) is 4.59. The summed E-state index contributed by atoms with van der Waals surface area (Å²) in [5.41, 5.74) is 1.52. The molecule has 4 heteroatoms. The van der Waals surface area contributed by atoms with Gasteiger partial charge in [-0.3, -0.25) is 0 Å². The molecule has 0 heterocycles. The lowest BCUT2D eigenvalue weighted by Crippen LogP contribution is -2.10. The molecule has 0 aromatic heterocycles. The predicted molar refractivity (Wildman–Crippen MR) is 63.0 cm³/mol. The van der Waals surface area contributed by atoms with Crippen LogP contribution in [0.3, 0.4) is 0 Å². The molecule has 1 aromatic rings. The Morgan fingerprint density at radius 2 is 2.00 bits per heavy atom. The SMILES string of the molecule is COc1c(C)cc(Cl)cc1C(O)C(C)Cl. The third kappa shape index (κ3) is 2.77. The standard InChI is InChI=1S/C11H14Cl2O2/c1-6-4-8(13)5-9(11(6)15-3)10(14)7(2)12/h4-5,7,10,14H,1-3H3. The Morgan fingerprint density at radius 1 is 1.40 bits per heavy atom. The molecule has 0 spiro atoms. The van der Waals surface area contributed by atoms with Gasteiger partial charge in [-0.25, -0.2) is 0 Å². The van der Waals surface area contributed by atoms with E-state index in [1.165, 1.54) is 0 Å². The molecule has 0 amide bonds. The van der Waals surface area contributed by atoms with E-state index in [1.54, 1.807) is 26.2 Å². The molecular weight excluding hydrogens is 235 g/mol. The quantitative estimate of drug-likeness (QED) is 0.832. The molecule has 0 aliphatic heterocycles. The Balaban J connectivity index is 3.26. The van der Waals surface area contributed by atoms with Crippen molar-refractivity contribution in [3.63, 3.8) is 0 Å². The molecule has 0 aliphatic carbocycles. The van der Waals surface area contributed by atoms with Crippen molar-refractivity contribution in [3.8, 4) is 5.75 Å². The van der Waals surface area contributed by atoms with Gasteiger partial charge in [-0.1, -0.05) is 11.6 Å². The number of methoxy groups -OCH3 is 1. The van der Waals surface area contributed by atoms with E-state index in [2.05, 4.69) is 0 Å². The highest BCUT2D eigenvalue weighted by molar-refractivity contribution is 6.30. The number of hydrogen-bond acceptors (Lipinski definition) is 2. The number of benzene rings is 1. The van der Waals surface area contributed by atoms with Crippen molar-refractivity contribution in [1.29, 1.82) is 0 Å². The van der Waals surface area contributed by atoms with Crippen LogP contribution in [0.5, 0.6) is 5.75 Å². The second-order valence-electron chi connectivity index (χ2n) is 3.47. The third-order valence-corrected chi connectivity index (χ3v) is 2.68. The summed E-state index contributed by atoms with van der Waals surface area (Å²) < 4.78 is 5.23. The Kier molecular flexibility index (Phi) is 4.26. The highest BCUT2D eigenvalue weighted by atomic mass is 35.5. The Morgan fingerprint density at radius 3 is 2.47 bits per heavy atom. The van der Waals surface area contributed by atoms with E-state index in [0.717, 1.165) is 5.56 Å². The first-order valence-corrected chi connectivity index (χ1v) is 5.45. The number of aryl methyl sites for hydroxylation is 1. The van der Waals surface area contributed by atoms with Crippen molar-refractivity contribution in [1.82, 2.24) is 0 Å². The second kappa shape index (κ2) is 5.06. The minimum Gasteiger partial charge on any atom is -0.496 e. The van der Waals surface area contributed by atoms with Gasteiger partial charge in [0, 0.05) is 10.6 Å². The fraction of sp³-hybridized carbons (Fsp3) is 0.455. The molecule has 1 rings (SSSR count). The van der Waals surface area contributed by atoms with Gasteiger partial charge in [-0.05, 0) is 31.5 Å². The zero-order valence-corrected chi connectivity index (χ0v) is 10.4. The molecule has 1 N–H and O–H groups in total. The lowest BCUT2D eigenvalue weighted by Gasteiger charge is -2.18. The maximum Gasteiger partial charge on any atom is 0.127 e. The van der Waals surface area contributed by atoms with E-state index in [0.29, 0.717) is 16.3 Å². The molecular formula is C11H14Cl2O2. The van der Waals surface area contributed by atoms with Crippen LogP contribution in [0.2, 0.25) is 5.02 Å². The maximum atomic E-state index is 9.89. The van der Waals surface area contributed by atoms with Crippen LogP contribution in [-0.4, -0.2) is 17.6 Å².